The van der Waals surface area contributed by atoms with E-state index in [1.807, 2.05) is 72.8 Å². The number of carbonyl (C=O) groups excluding carboxylic acids is 2. The zero-order chi connectivity index (χ0) is 32.2. The number of hydrogen-bond acceptors (Lipinski definition) is 4. The van der Waals surface area contributed by atoms with Gasteiger partial charge in [0.2, 0.25) is 0 Å². The highest BCUT2D eigenvalue weighted by molar-refractivity contribution is 7.84. The van der Waals surface area contributed by atoms with Crippen LogP contribution in [-0.2, 0) is 10.8 Å². The molecule has 0 bridgehead atoms. The van der Waals surface area contributed by atoms with Gasteiger partial charge in [-0.25, -0.2) is 4.79 Å². The van der Waals surface area contributed by atoms with Crippen molar-refractivity contribution in [2.24, 2.45) is 0 Å². The van der Waals surface area contributed by atoms with E-state index in [0.29, 0.717) is 33.3 Å². The summed E-state index contributed by atoms with van der Waals surface area (Å²) in [6.45, 7) is 0. The van der Waals surface area contributed by atoms with Crippen LogP contribution in [-0.4, -0.2) is 33.4 Å². The molecular weight excluding hydrogens is 596 g/mol. The van der Waals surface area contributed by atoms with E-state index < -0.39 is 16.8 Å². The SMILES string of the molecule is CS(=O)c1ccc(-c2ccc(C(=O)Nc3ccc(-c4ccc(C(=O)Nc5ccc(C(=O)O)c6ccccc56)cc4)cc3)cc2)cc1. The van der Waals surface area contributed by atoms with Crippen molar-refractivity contribution in [1.29, 1.82) is 0 Å². The maximum Gasteiger partial charge on any atom is 0.336 e. The van der Waals surface area contributed by atoms with Gasteiger partial charge in [-0.05, 0) is 88.3 Å². The smallest absolute Gasteiger partial charge is 0.336 e. The Hall–Kier alpha value is -5.86. The summed E-state index contributed by atoms with van der Waals surface area (Å²) >= 11 is 0. The molecule has 8 heteroatoms. The molecule has 0 spiro atoms. The lowest BCUT2D eigenvalue weighted by molar-refractivity contribution is 0.0698. The Morgan fingerprint density at radius 1 is 0.543 bits per heavy atom. The predicted molar refractivity (Wildman–Crippen MR) is 183 cm³/mol. The summed E-state index contributed by atoms with van der Waals surface area (Å²) in [5.74, 6) is -1.56. The Morgan fingerprint density at radius 3 is 1.50 bits per heavy atom. The van der Waals surface area contributed by atoms with Crippen molar-refractivity contribution >= 4 is 50.7 Å². The second-order valence-corrected chi connectivity index (χ2v) is 12.0. The summed E-state index contributed by atoms with van der Waals surface area (Å²) in [5, 5.41) is 16.5. The number of benzene rings is 6. The van der Waals surface area contributed by atoms with Gasteiger partial charge in [0.1, 0.15) is 0 Å². The first-order chi connectivity index (χ1) is 22.3. The molecule has 0 saturated heterocycles. The van der Waals surface area contributed by atoms with Gasteiger partial charge in [-0.1, -0.05) is 72.8 Å². The van der Waals surface area contributed by atoms with Gasteiger partial charge in [-0.2, -0.15) is 0 Å². The molecule has 0 radical (unpaired) electrons. The number of aromatic carboxylic acids is 1. The highest BCUT2D eigenvalue weighted by atomic mass is 32.2. The van der Waals surface area contributed by atoms with Gasteiger partial charge < -0.3 is 15.7 Å². The maximum absolute atomic E-state index is 13.0. The fourth-order valence-corrected chi connectivity index (χ4v) is 5.72. The van der Waals surface area contributed by atoms with E-state index in [-0.39, 0.29) is 17.4 Å². The van der Waals surface area contributed by atoms with Crippen LogP contribution in [0.5, 0.6) is 0 Å². The summed E-state index contributed by atoms with van der Waals surface area (Å²) < 4.78 is 11.6. The summed E-state index contributed by atoms with van der Waals surface area (Å²) in [6.07, 6.45) is 1.65. The van der Waals surface area contributed by atoms with E-state index in [9.17, 15) is 23.7 Å². The van der Waals surface area contributed by atoms with Gasteiger partial charge in [0.15, 0.2) is 0 Å². The van der Waals surface area contributed by atoms with Crippen LogP contribution in [0.25, 0.3) is 33.0 Å². The van der Waals surface area contributed by atoms with E-state index in [1.54, 1.807) is 60.9 Å². The molecule has 1 atom stereocenters. The monoisotopic (exact) mass is 624 g/mol. The summed E-state index contributed by atoms with van der Waals surface area (Å²) in [4.78, 5) is 38.3. The number of fused-ring (bicyclic) bond motifs is 1. The molecule has 6 aromatic rings. The summed E-state index contributed by atoms with van der Waals surface area (Å²) in [7, 11) is -1.03. The lowest BCUT2D eigenvalue weighted by atomic mass is 10.0. The Kier molecular flexibility index (Phi) is 8.54. The summed E-state index contributed by atoms with van der Waals surface area (Å²) in [5.41, 5.74) is 6.10. The molecule has 0 aromatic heterocycles. The third kappa shape index (κ3) is 6.47. The van der Waals surface area contributed by atoms with Crippen LogP contribution in [0, 0.1) is 0 Å². The minimum absolute atomic E-state index is 0.174. The molecule has 2 amide bonds. The Labute approximate surface area is 268 Å². The second kappa shape index (κ2) is 13.0. The van der Waals surface area contributed by atoms with Gasteiger partial charge in [-0.3, -0.25) is 13.8 Å². The molecule has 0 heterocycles. The average Bonchev–Trinajstić information content (AvgIpc) is 3.09. The molecule has 0 saturated carbocycles. The van der Waals surface area contributed by atoms with Crippen molar-refractivity contribution in [2.75, 3.05) is 16.9 Å². The fourth-order valence-electron chi connectivity index (χ4n) is 5.21. The number of rotatable bonds is 8. The lowest BCUT2D eigenvalue weighted by Crippen LogP contribution is -2.12. The van der Waals surface area contributed by atoms with Crippen molar-refractivity contribution < 1.29 is 23.7 Å². The van der Waals surface area contributed by atoms with Crippen molar-refractivity contribution in [3.63, 3.8) is 0 Å². The number of hydrogen-bond donors (Lipinski definition) is 3. The highest BCUT2D eigenvalue weighted by Gasteiger charge is 2.14. The van der Waals surface area contributed by atoms with Gasteiger partial charge in [0.25, 0.3) is 11.8 Å². The number of carboxylic acids is 1. The number of anilines is 2. The van der Waals surface area contributed by atoms with Crippen LogP contribution in [0.3, 0.4) is 0 Å². The summed E-state index contributed by atoms with van der Waals surface area (Å²) in [6, 6.07) is 39.6. The normalized spacial score (nSPS) is 11.5. The molecule has 6 aromatic carbocycles. The zero-order valence-corrected chi connectivity index (χ0v) is 25.5. The first-order valence-electron chi connectivity index (χ1n) is 14.4. The number of amides is 2. The van der Waals surface area contributed by atoms with Gasteiger partial charge in [-0.15, -0.1) is 0 Å². The van der Waals surface area contributed by atoms with Crippen LogP contribution in [0.4, 0.5) is 11.4 Å². The van der Waals surface area contributed by atoms with Gasteiger partial charge in [0, 0.05) is 49.8 Å². The van der Waals surface area contributed by atoms with E-state index in [1.165, 1.54) is 6.07 Å². The quantitative estimate of drug-likeness (QED) is 0.158. The molecule has 6 rings (SSSR count). The van der Waals surface area contributed by atoms with Crippen LogP contribution < -0.4 is 10.6 Å². The standard InChI is InChI=1S/C38H28N2O5S/c1-46(45)31-20-16-27(17-21-31)25-6-10-28(11-7-25)36(41)39-30-18-14-26(15-19-30)24-8-12-29(13-9-24)37(42)40-35-23-22-34(38(43)44)32-4-2-3-5-33(32)35/h2-23H,1H3,(H,39,41)(H,40,42)(H,43,44). The molecule has 7 nitrogen and oxygen atoms in total. The molecule has 0 aliphatic carbocycles. The van der Waals surface area contributed by atoms with Crippen LogP contribution in [0.1, 0.15) is 31.1 Å². The Morgan fingerprint density at radius 2 is 1.00 bits per heavy atom. The fraction of sp³-hybridized carbons (Fsp3) is 0.0263. The van der Waals surface area contributed by atoms with E-state index in [4.69, 9.17) is 0 Å². The minimum Gasteiger partial charge on any atom is -0.478 e. The Bertz CT molecular complexity index is 2110. The van der Waals surface area contributed by atoms with Crippen LogP contribution >= 0.6 is 0 Å². The largest absolute Gasteiger partial charge is 0.478 e. The first-order valence-corrected chi connectivity index (χ1v) is 15.9. The van der Waals surface area contributed by atoms with E-state index >= 15 is 0 Å². The molecule has 46 heavy (non-hydrogen) atoms. The van der Waals surface area contributed by atoms with E-state index in [2.05, 4.69) is 10.6 Å². The van der Waals surface area contributed by atoms with Crippen LogP contribution in [0.15, 0.2) is 138 Å². The third-order valence-electron chi connectivity index (χ3n) is 7.69. The van der Waals surface area contributed by atoms with Gasteiger partial charge >= 0.3 is 5.97 Å². The zero-order valence-electron chi connectivity index (χ0n) is 24.7. The lowest BCUT2D eigenvalue weighted by Gasteiger charge is -2.11. The van der Waals surface area contributed by atoms with E-state index in [0.717, 1.165) is 27.1 Å². The molecule has 226 valence electrons. The molecule has 0 aliphatic rings. The predicted octanol–water partition coefficient (Wildman–Crippen LogP) is 8.11. The maximum atomic E-state index is 13.0. The van der Waals surface area contributed by atoms with Crippen molar-refractivity contribution in [3.05, 3.63) is 150 Å². The number of carbonyl (C=O) groups is 3. The van der Waals surface area contributed by atoms with Crippen molar-refractivity contribution in [1.82, 2.24) is 0 Å². The topological polar surface area (TPSA) is 113 Å². The first kappa shape index (κ1) is 30.2. The number of carboxylic acid groups (broad SMARTS) is 1. The molecule has 3 N–H and O–H groups in total. The minimum atomic E-state index is -1.03. The third-order valence-corrected chi connectivity index (χ3v) is 8.63. The number of nitrogens with one attached hydrogen (secondary N) is 2. The molecular formula is C38H28N2O5S. The molecule has 1 unspecified atom stereocenters. The Balaban J connectivity index is 1.09. The second-order valence-electron chi connectivity index (χ2n) is 10.6. The van der Waals surface area contributed by atoms with Gasteiger partial charge in [0.05, 0.1) is 5.56 Å². The average molecular weight is 625 g/mol. The van der Waals surface area contributed by atoms with Crippen molar-refractivity contribution in [3.8, 4) is 22.3 Å². The van der Waals surface area contributed by atoms with Crippen molar-refractivity contribution in [2.45, 2.75) is 4.90 Å². The molecule has 0 fully saturated rings. The van der Waals surface area contributed by atoms with Crippen LogP contribution in [0.2, 0.25) is 0 Å². The molecule has 0 aliphatic heterocycles. The highest BCUT2D eigenvalue weighted by Crippen LogP contribution is 2.28.